The van der Waals surface area contributed by atoms with E-state index in [2.05, 4.69) is 15.3 Å². The highest BCUT2D eigenvalue weighted by atomic mass is 19.1. The van der Waals surface area contributed by atoms with Crippen LogP contribution in [-0.2, 0) is 9.53 Å². The topological polar surface area (TPSA) is 84.1 Å². The van der Waals surface area contributed by atoms with Crippen LogP contribution >= 0.6 is 0 Å². The number of aromatic nitrogens is 2. The molecule has 4 aromatic rings. The fourth-order valence-corrected chi connectivity index (χ4v) is 2.93. The number of halogens is 1. The molecule has 1 unspecified atom stereocenters. The third-order valence-corrected chi connectivity index (χ3v) is 4.53. The van der Waals surface area contributed by atoms with Crippen molar-refractivity contribution < 1.29 is 18.7 Å². The lowest BCUT2D eigenvalue weighted by Crippen LogP contribution is -2.30. The number of fused-ring (bicyclic) bond motifs is 1. The van der Waals surface area contributed by atoms with Gasteiger partial charge in [-0.15, -0.1) is 0 Å². The van der Waals surface area contributed by atoms with Crippen LogP contribution in [-0.4, -0.2) is 27.9 Å². The Bertz CT molecular complexity index is 1200. The van der Waals surface area contributed by atoms with Gasteiger partial charge < -0.3 is 15.0 Å². The maximum atomic E-state index is 13.0. The molecule has 6 nitrogen and oxygen atoms in total. The van der Waals surface area contributed by atoms with Gasteiger partial charge in [0.1, 0.15) is 11.6 Å². The van der Waals surface area contributed by atoms with Crippen LogP contribution in [0.3, 0.4) is 0 Å². The third-order valence-electron chi connectivity index (χ3n) is 4.53. The molecule has 30 heavy (non-hydrogen) atoms. The molecule has 0 fully saturated rings. The minimum atomic E-state index is -1.03. The molecule has 1 heterocycles. The zero-order valence-corrected chi connectivity index (χ0v) is 16.1. The SMILES string of the molecule is CC(OC(=O)c1ccc2nc(-c3ccccc3)[nH]c2c1)C(=O)Nc1ccc(F)cc1. The zero-order chi connectivity index (χ0) is 21.1. The Morgan fingerprint density at radius 2 is 1.77 bits per heavy atom. The van der Waals surface area contributed by atoms with Gasteiger partial charge >= 0.3 is 5.97 Å². The largest absolute Gasteiger partial charge is 0.449 e. The van der Waals surface area contributed by atoms with Crippen LogP contribution in [0.5, 0.6) is 0 Å². The second kappa shape index (κ2) is 8.16. The van der Waals surface area contributed by atoms with Crippen molar-refractivity contribution in [3.63, 3.8) is 0 Å². The van der Waals surface area contributed by atoms with E-state index < -0.39 is 23.8 Å². The van der Waals surface area contributed by atoms with Crippen LogP contribution < -0.4 is 5.32 Å². The molecule has 2 N–H and O–H groups in total. The van der Waals surface area contributed by atoms with Gasteiger partial charge in [0, 0.05) is 11.3 Å². The number of ether oxygens (including phenoxy) is 1. The number of amides is 1. The molecule has 0 saturated carbocycles. The maximum Gasteiger partial charge on any atom is 0.338 e. The monoisotopic (exact) mass is 403 g/mol. The number of benzene rings is 3. The number of hydrogen-bond acceptors (Lipinski definition) is 4. The number of carbonyl (C=O) groups is 2. The van der Waals surface area contributed by atoms with E-state index in [4.69, 9.17) is 4.74 Å². The van der Waals surface area contributed by atoms with E-state index in [1.807, 2.05) is 30.3 Å². The summed E-state index contributed by atoms with van der Waals surface area (Å²) < 4.78 is 18.2. The first-order valence-corrected chi connectivity index (χ1v) is 9.32. The highest BCUT2D eigenvalue weighted by Gasteiger charge is 2.20. The summed E-state index contributed by atoms with van der Waals surface area (Å²) in [4.78, 5) is 32.4. The summed E-state index contributed by atoms with van der Waals surface area (Å²) in [6.07, 6.45) is -1.03. The zero-order valence-electron chi connectivity index (χ0n) is 16.1. The summed E-state index contributed by atoms with van der Waals surface area (Å²) in [6, 6.07) is 19.9. The molecular weight excluding hydrogens is 385 g/mol. The van der Waals surface area contributed by atoms with Crippen LogP contribution in [0.4, 0.5) is 10.1 Å². The van der Waals surface area contributed by atoms with Gasteiger partial charge in [0.2, 0.25) is 0 Å². The summed E-state index contributed by atoms with van der Waals surface area (Å²) >= 11 is 0. The second-order valence-electron chi connectivity index (χ2n) is 6.73. The molecular formula is C23H18FN3O3. The number of nitrogens with one attached hydrogen (secondary N) is 2. The number of anilines is 1. The number of H-pyrrole nitrogens is 1. The number of esters is 1. The molecule has 7 heteroatoms. The molecule has 150 valence electrons. The van der Waals surface area contributed by atoms with Crippen molar-refractivity contribution in [1.82, 2.24) is 9.97 Å². The summed E-state index contributed by atoms with van der Waals surface area (Å²) in [5, 5.41) is 2.58. The van der Waals surface area contributed by atoms with Crippen molar-refractivity contribution in [3.8, 4) is 11.4 Å². The quantitative estimate of drug-likeness (QED) is 0.479. The normalized spacial score (nSPS) is 11.8. The van der Waals surface area contributed by atoms with E-state index in [1.54, 1.807) is 18.2 Å². The Kier molecular flexibility index (Phi) is 5.26. The number of hydrogen-bond donors (Lipinski definition) is 2. The summed E-state index contributed by atoms with van der Waals surface area (Å²) in [5.41, 5.74) is 3.05. The summed E-state index contributed by atoms with van der Waals surface area (Å²) in [6.45, 7) is 1.47. The van der Waals surface area contributed by atoms with Gasteiger partial charge in [-0.05, 0) is 49.4 Å². The fourth-order valence-electron chi connectivity index (χ4n) is 2.93. The van der Waals surface area contributed by atoms with E-state index in [9.17, 15) is 14.0 Å². The number of imidazole rings is 1. The molecule has 0 aliphatic heterocycles. The first-order chi connectivity index (χ1) is 14.5. The summed E-state index contributed by atoms with van der Waals surface area (Å²) in [5.74, 6) is -0.848. The number of carbonyl (C=O) groups excluding carboxylic acids is 2. The average molecular weight is 403 g/mol. The van der Waals surface area contributed by atoms with E-state index >= 15 is 0 Å². The first kappa shape index (κ1) is 19.3. The summed E-state index contributed by atoms with van der Waals surface area (Å²) in [7, 11) is 0. The molecule has 0 aliphatic carbocycles. The van der Waals surface area contributed by atoms with Crippen LogP contribution in [0, 0.1) is 5.82 Å². The Morgan fingerprint density at radius 3 is 2.50 bits per heavy atom. The van der Waals surface area contributed by atoms with Crippen molar-refractivity contribution in [2.45, 2.75) is 13.0 Å². The van der Waals surface area contributed by atoms with E-state index in [0.717, 1.165) is 5.56 Å². The van der Waals surface area contributed by atoms with Crippen LogP contribution in [0.15, 0.2) is 72.8 Å². The van der Waals surface area contributed by atoms with Crippen LogP contribution in [0.2, 0.25) is 0 Å². The predicted molar refractivity (Wildman–Crippen MR) is 111 cm³/mol. The minimum Gasteiger partial charge on any atom is -0.449 e. The highest BCUT2D eigenvalue weighted by molar-refractivity contribution is 5.98. The Labute approximate surface area is 171 Å². The number of nitrogens with zero attached hydrogens (tertiary/aromatic N) is 1. The second-order valence-corrected chi connectivity index (χ2v) is 6.73. The van der Waals surface area contributed by atoms with Crippen molar-refractivity contribution in [2.75, 3.05) is 5.32 Å². The molecule has 1 atom stereocenters. The maximum absolute atomic E-state index is 13.0. The Hall–Kier alpha value is -4.00. The van der Waals surface area contributed by atoms with Gasteiger partial charge in [-0.25, -0.2) is 14.2 Å². The molecule has 1 aromatic heterocycles. The molecule has 1 amide bonds. The van der Waals surface area contributed by atoms with Gasteiger partial charge in [0.15, 0.2) is 6.10 Å². The Morgan fingerprint density at radius 1 is 1.03 bits per heavy atom. The molecule has 0 radical (unpaired) electrons. The molecule has 4 rings (SSSR count). The van der Waals surface area contributed by atoms with Gasteiger partial charge in [0.25, 0.3) is 5.91 Å². The van der Waals surface area contributed by atoms with Crippen molar-refractivity contribution >= 4 is 28.6 Å². The van der Waals surface area contributed by atoms with Crippen molar-refractivity contribution in [1.29, 1.82) is 0 Å². The van der Waals surface area contributed by atoms with Gasteiger partial charge in [0.05, 0.1) is 16.6 Å². The molecule has 0 bridgehead atoms. The van der Waals surface area contributed by atoms with Crippen LogP contribution in [0.1, 0.15) is 17.3 Å². The lowest BCUT2D eigenvalue weighted by Gasteiger charge is -2.13. The average Bonchev–Trinajstić information content (AvgIpc) is 3.19. The molecule has 0 spiro atoms. The predicted octanol–water partition coefficient (Wildman–Crippen LogP) is 4.55. The standard InChI is InChI=1S/C23H18FN3O3/c1-14(22(28)25-18-10-8-17(24)9-11-18)30-23(29)16-7-12-19-20(13-16)27-21(26-19)15-5-3-2-4-6-15/h2-14H,1H3,(H,25,28)(H,26,27). The first-order valence-electron chi connectivity index (χ1n) is 9.32. The van der Waals surface area contributed by atoms with E-state index in [-0.39, 0.29) is 0 Å². The number of aromatic amines is 1. The van der Waals surface area contributed by atoms with Crippen molar-refractivity contribution in [3.05, 3.63) is 84.2 Å². The third kappa shape index (κ3) is 4.20. The van der Waals surface area contributed by atoms with E-state index in [0.29, 0.717) is 28.1 Å². The van der Waals surface area contributed by atoms with E-state index in [1.165, 1.54) is 31.2 Å². The highest BCUT2D eigenvalue weighted by Crippen LogP contribution is 2.21. The minimum absolute atomic E-state index is 0.298. The number of rotatable bonds is 5. The van der Waals surface area contributed by atoms with Gasteiger partial charge in [-0.1, -0.05) is 30.3 Å². The smallest absolute Gasteiger partial charge is 0.338 e. The molecule has 0 saturated heterocycles. The molecule has 0 aliphatic rings. The Balaban J connectivity index is 1.45. The van der Waals surface area contributed by atoms with Gasteiger partial charge in [-0.3, -0.25) is 4.79 Å². The molecule has 3 aromatic carbocycles. The van der Waals surface area contributed by atoms with Gasteiger partial charge in [-0.2, -0.15) is 0 Å². The van der Waals surface area contributed by atoms with Crippen molar-refractivity contribution in [2.24, 2.45) is 0 Å². The fraction of sp³-hybridized carbons (Fsp3) is 0.0870. The lowest BCUT2D eigenvalue weighted by atomic mass is 10.2. The lowest BCUT2D eigenvalue weighted by molar-refractivity contribution is -0.123. The van der Waals surface area contributed by atoms with Crippen LogP contribution in [0.25, 0.3) is 22.4 Å².